The average Bonchev–Trinajstić information content (AvgIpc) is 2.69. The van der Waals surface area contributed by atoms with Crippen LogP contribution in [-0.4, -0.2) is 47.0 Å². The van der Waals surface area contributed by atoms with Gasteiger partial charge in [-0.2, -0.15) is 0 Å². The highest BCUT2D eigenvalue weighted by Crippen LogP contribution is 2.33. The van der Waals surface area contributed by atoms with Crippen molar-refractivity contribution in [3.05, 3.63) is 58.6 Å². The zero-order valence-corrected chi connectivity index (χ0v) is 15.8. The maximum Gasteiger partial charge on any atom is 0.271 e. The lowest BCUT2D eigenvalue weighted by Crippen LogP contribution is -2.15. The number of aromatic nitrogens is 2. The number of ether oxygens (including phenoxy) is 1. The molecule has 0 bridgehead atoms. The SMILES string of the molecule is CN(C)CCCOc1cc2nc3cc([N+](=O)[O-])ccc3nc2c2ccccc12. The fraction of sp³-hybridized carbons (Fsp3) is 0.238. The molecule has 0 radical (unpaired) electrons. The molecular weight excluding hydrogens is 356 g/mol. The average molecular weight is 376 g/mol. The highest BCUT2D eigenvalue weighted by molar-refractivity contribution is 6.08. The van der Waals surface area contributed by atoms with E-state index in [-0.39, 0.29) is 5.69 Å². The lowest BCUT2D eigenvalue weighted by molar-refractivity contribution is -0.384. The lowest BCUT2D eigenvalue weighted by atomic mass is 10.1. The van der Waals surface area contributed by atoms with E-state index in [1.807, 2.05) is 44.4 Å². The molecule has 28 heavy (non-hydrogen) atoms. The monoisotopic (exact) mass is 376 g/mol. The minimum absolute atomic E-state index is 0.00194. The Kier molecular flexibility index (Phi) is 4.75. The number of fused-ring (bicyclic) bond motifs is 4. The summed E-state index contributed by atoms with van der Waals surface area (Å²) in [5.74, 6) is 0.751. The summed E-state index contributed by atoms with van der Waals surface area (Å²) < 4.78 is 6.05. The highest BCUT2D eigenvalue weighted by Gasteiger charge is 2.13. The predicted molar refractivity (Wildman–Crippen MR) is 110 cm³/mol. The van der Waals surface area contributed by atoms with Crippen molar-refractivity contribution >= 4 is 38.5 Å². The topological polar surface area (TPSA) is 81.4 Å². The van der Waals surface area contributed by atoms with Crippen molar-refractivity contribution < 1.29 is 9.66 Å². The van der Waals surface area contributed by atoms with E-state index >= 15 is 0 Å². The van der Waals surface area contributed by atoms with Crippen molar-refractivity contribution in [1.29, 1.82) is 0 Å². The zero-order chi connectivity index (χ0) is 19.7. The first-order valence-electron chi connectivity index (χ1n) is 9.08. The quantitative estimate of drug-likeness (QED) is 0.165. The number of nitro benzene ring substituents is 1. The normalized spacial score (nSPS) is 11.5. The van der Waals surface area contributed by atoms with Gasteiger partial charge in [0, 0.05) is 35.5 Å². The molecule has 0 aliphatic rings. The van der Waals surface area contributed by atoms with Gasteiger partial charge in [-0.15, -0.1) is 0 Å². The van der Waals surface area contributed by atoms with Gasteiger partial charge in [0.25, 0.3) is 5.69 Å². The van der Waals surface area contributed by atoms with Crippen LogP contribution in [0.5, 0.6) is 5.75 Å². The van der Waals surface area contributed by atoms with E-state index < -0.39 is 4.92 Å². The van der Waals surface area contributed by atoms with Crippen LogP contribution in [-0.2, 0) is 0 Å². The van der Waals surface area contributed by atoms with E-state index in [9.17, 15) is 10.1 Å². The van der Waals surface area contributed by atoms with Gasteiger partial charge in [0.1, 0.15) is 5.75 Å². The minimum Gasteiger partial charge on any atom is -0.493 e. The van der Waals surface area contributed by atoms with E-state index in [4.69, 9.17) is 9.72 Å². The van der Waals surface area contributed by atoms with Crippen LogP contribution in [0.15, 0.2) is 48.5 Å². The van der Waals surface area contributed by atoms with Gasteiger partial charge in [-0.25, -0.2) is 9.97 Å². The molecule has 0 N–H and O–H groups in total. The Morgan fingerprint density at radius 1 is 1.00 bits per heavy atom. The molecule has 0 fully saturated rings. The van der Waals surface area contributed by atoms with Crippen LogP contribution in [0, 0.1) is 10.1 Å². The van der Waals surface area contributed by atoms with Gasteiger partial charge in [-0.3, -0.25) is 10.1 Å². The maximum atomic E-state index is 11.1. The largest absolute Gasteiger partial charge is 0.493 e. The number of hydrogen-bond donors (Lipinski definition) is 0. The molecule has 1 heterocycles. The summed E-state index contributed by atoms with van der Waals surface area (Å²) >= 11 is 0. The molecule has 4 aromatic rings. The summed E-state index contributed by atoms with van der Waals surface area (Å²) in [6.45, 7) is 1.54. The molecule has 142 valence electrons. The first-order chi connectivity index (χ1) is 13.5. The third-order valence-electron chi connectivity index (χ3n) is 4.61. The smallest absolute Gasteiger partial charge is 0.271 e. The maximum absolute atomic E-state index is 11.1. The number of nitrogens with zero attached hydrogens (tertiary/aromatic N) is 4. The van der Waals surface area contributed by atoms with Crippen molar-refractivity contribution in [3.63, 3.8) is 0 Å². The summed E-state index contributed by atoms with van der Waals surface area (Å²) in [6.07, 6.45) is 0.912. The molecule has 7 heteroatoms. The molecule has 0 aliphatic carbocycles. The third kappa shape index (κ3) is 3.44. The predicted octanol–water partition coefficient (Wildman–Crippen LogP) is 4.17. The van der Waals surface area contributed by atoms with E-state index in [1.165, 1.54) is 12.1 Å². The van der Waals surface area contributed by atoms with Crippen LogP contribution in [0.3, 0.4) is 0 Å². The van der Waals surface area contributed by atoms with E-state index in [2.05, 4.69) is 9.88 Å². The molecule has 7 nitrogen and oxygen atoms in total. The second kappa shape index (κ2) is 7.36. The number of rotatable bonds is 6. The van der Waals surface area contributed by atoms with Crippen molar-refractivity contribution in [1.82, 2.24) is 14.9 Å². The Labute approximate surface area is 161 Å². The van der Waals surface area contributed by atoms with Crippen LogP contribution in [0.1, 0.15) is 6.42 Å². The van der Waals surface area contributed by atoms with E-state index in [0.29, 0.717) is 23.2 Å². The highest BCUT2D eigenvalue weighted by atomic mass is 16.6. The van der Waals surface area contributed by atoms with E-state index in [0.717, 1.165) is 35.0 Å². The number of non-ortho nitro benzene ring substituents is 1. The van der Waals surface area contributed by atoms with Crippen molar-refractivity contribution in [3.8, 4) is 5.75 Å². The van der Waals surface area contributed by atoms with Crippen molar-refractivity contribution in [2.24, 2.45) is 0 Å². The van der Waals surface area contributed by atoms with Gasteiger partial charge >= 0.3 is 0 Å². The first-order valence-corrected chi connectivity index (χ1v) is 9.08. The third-order valence-corrected chi connectivity index (χ3v) is 4.61. The second-order valence-electron chi connectivity index (χ2n) is 6.95. The Hall–Kier alpha value is -3.32. The van der Waals surface area contributed by atoms with Gasteiger partial charge in [0.05, 0.1) is 33.6 Å². The molecule has 1 aromatic heterocycles. The molecule has 0 amide bonds. The molecule has 0 saturated heterocycles. The van der Waals surface area contributed by atoms with Crippen LogP contribution >= 0.6 is 0 Å². The Morgan fingerprint density at radius 2 is 1.79 bits per heavy atom. The molecule has 0 atom stereocenters. The van der Waals surface area contributed by atoms with Crippen LogP contribution in [0.25, 0.3) is 32.8 Å². The Balaban J connectivity index is 1.84. The first kappa shape index (κ1) is 18.1. The standard InChI is InChI=1S/C21H20N4O3/c1-24(2)10-5-11-28-20-13-19-21(16-7-4-3-6-15(16)20)23-17-9-8-14(25(26)27)12-18(17)22-19/h3-4,6-9,12-13H,5,10-11H2,1-2H3. The molecule has 0 unspecified atom stereocenters. The van der Waals surface area contributed by atoms with Gasteiger partial charge in [-0.1, -0.05) is 24.3 Å². The molecule has 0 spiro atoms. The number of nitro groups is 1. The molecule has 0 aliphatic heterocycles. The van der Waals surface area contributed by atoms with Gasteiger partial charge in [0.2, 0.25) is 0 Å². The van der Waals surface area contributed by atoms with Gasteiger partial charge in [0.15, 0.2) is 0 Å². The summed E-state index contributed by atoms with van der Waals surface area (Å²) in [4.78, 5) is 22.1. The van der Waals surface area contributed by atoms with Crippen LogP contribution in [0.2, 0.25) is 0 Å². The van der Waals surface area contributed by atoms with E-state index in [1.54, 1.807) is 6.07 Å². The van der Waals surface area contributed by atoms with Crippen LogP contribution in [0.4, 0.5) is 5.69 Å². The fourth-order valence-electron chi connectivity index (χ4n) is 3.26. The number of benzene rings is 3. The van der Waals surface area contributed by atoms with Gasteiger partial charge in [-0.05, 0) is 26.6 Å². The Bertz CT molecular complexity index is 1190. The second-order valence-corrected chi connectivity index (χ2v) is 6.95. The summed E-state index contributed by atoms with van der Waals surface area (Å²) in [6, 6.07) is 14.4. The lowest BCUT2D eigenvalue weighted by Gasteiger charge is -2.13. The molecular formula is C21H20N4O3. The van der Waals surface area contributed by atoms with Gasteiger partial charge < -0.3 is 9.64 Å². The van der Waals surface area contributed by atoms with Crippen LogP contribution < -0.4 is 4.74 Å². The summed E-state index contributed by atoms with van der Waals surface area (Å²) in [5.41, 5.74) is 2.55. The fourth-order valence-corrected chi connectivity index (χ4v) is 3.26. The molecule has 4 rings (SSSR count). The summed E-state index contributed by atoms with van der Waals surface area (Å²) in [7, 11) is 4.07. The van der Waals surface area contributed by atoms with Crippen molar-refractivity contribution in [2.45, 2.75) is 6.42 Å². The van der Waals surface area contributed by atoms with Crippen molar-refractivity contribution in [2.75, 3.05) is 27.2 Å². The number of hydrogen-bond acceptors (Lipinski definition) is 6. The molecule has 0 saturated carbocycles. The molecule has 3 aromatic carbocycles. The Morgan fingerprint density at radius 3 is 2.54 bits per heavy atom. The zero-order valence-electron chi connectivity index (χ0n) is 15.8. The minimum atomic E-state index is -0.426. The summed E-state index contributed by atoms with van der Waals surface area (Å²) in [5, 5.41) is 13.0.